The monoisotopic (exact) mass is 393 g/mol. The van der Waals surface area contributed by atoms with Crippen LogP contribution in [0.1, 0.15) is 44.0 Å². The second kappa shape index (κ2) is 8.03. The van der Waals surface area contributed by atoms with Crippen LogP contribution >= 0.6 is 11.6 Å². The van der Waals surface area contributed by atoms with E-state index >= 15 is 0 Å². The highest BCUT2D eigenvalue weighted by Crippen LogP contribution is 2.26. The lowest BCUT2D eigenvalue weighted by Gasteiger charge is -2.16. The summed E-state index contributed by atoms with van der Waals surface area (Å²) in [6, 6.07) is 13.2. The molecule has 0 spiro atoms. The van der Waals surface area contributed by atoms with Crippen molar-refractivity contribution in [1.82, 2.24) is 9.99 Å². The fourth-order valence-corrected chi connectivity index (χ4v) is 3.74. The molecule has 0 aliphatic heterocycles. The molecular formula is C23H24ClN3O. The number of hydrogen-bond donors (Lipinski definition) is 1. The van der Waals surface area contributed by atoms with Gasteiger partial charge in [0.25, 0.3) is 5.91 Å². The van der Waals surface area contributed by atoms with Crippen LogP contribution in [-0.2, 0) is 0 Å². The van der Waals surface area contributed by atoms with Gasteiger partial charge in [-0.1, -0.05) is 29.3 Å². The van der Waals surface area contributed by atoms with E-state index in [1.165, 1.54) is 22.4 Å². The van der Waals surface area contributed by atoms with Gasteiger partial charge in [-0.2, -0.15) is 5.10 Å². The van der Waals surface area contributed by atoms with Gasteiger partial charge in [0.2, 0.25) is 0 Å². The highest BCUT2D eigenvalue weighted by atomic mass is 35.5. The second-order valence-corrected chi connectivity index (χ2v) is 7.55. The summed E-state index contributed by atoms with van der Waals surface area (Å²) < 4.78 is 2.24. The lowest BCUT2D eigenvalue weighted by atomic mass is 10.0. The quantitative estimate of drug-likeness (QED) is 0.465. The van der Waals surface area contributed by atoms with Gasteiger partial charge in [-0.05, 0) is 76.1 Å². The maximum Gasteiger partial charge on any atom is 0.271 e. The summed E-state index contributed by atoms with van der Waals surface area (Å²) in [6.45, 7) is 10.5. The fraction of sp³-hybridized carbons (Fsp3) is 0.217. The number of carbonyl (C=O) groups excluding carboxylic acids is 1. The molecule has 2 aromatic carbocycles. The van der Waals surface area contributed by atoms with Crippen molar-refractivity contribution >= 4 is 23.7 Å². The molecule has 0 fully saturated rings. The molecule has 0 aliphatic carbocycles. The van der Waals surface area contributed by atoms with Gasteiger partial charge in [-0.25, -0.2) is 5.43 Å². The first-order chi connectivity index (χ1) is 13.3. The predicted molar refractivity (Wildman–Crippen MR) is 116 cm³/mol. The lowest BCUT2D eigenvalue weighted by molar-refractivity contribution is 0.0955. The SMILES string of the molecule is Cc1cc(C)c(-n2c(C)cc(/C=N\NC(=O)c3ccc(Cl)cc3)c2C)c(C)c1. The number of hydrogen-bond acceptors (Lipinski definition) is 2. The van der Waals surface area contributed by atoms with Crippen LogP contribution in [-0.4, -0.2) is 16.7 Å². The average molecular weight is 394 g/mol. The highest BCUT2D eigenvalue weighted by Gasteiger charge is 2.14. The molecule has 0 aliphatic rings. The van der Waals surface area contributed by atoms with Gasteiger partial charge in [-0.3, -0.25) is 4.79 Å². The van der Waals surface area contributed by atoms with Crippen LogP contribution in [0, 0.1) is 34.6 Å². The number of amides is 1. The number of nitrogens with zero attached hydrogens (tertiary/aromatic N) is 2. The first-order valence-corrected chi connectivity index (χ1v) is 9.52. The van der Waals surface area contributed by atoms with Crippen molar-refractivity contribution in [2.45, 2.75) is 34.6 Å². The van der Waals surface area contributed by atoms with Gasteiger partial charge in [0.15, 0.2) is 0 Å². The Morgan fingerprint density at radius 3 is 2.21 bits per heavy atom. The van der Waals surface area contributed by atoms with E-state index in [0.29, 0.717) is 10.6 Å². The predicted octanol–water partition coefficient (Wildman–Crippen LogP) is 5.44. The molecule has 1 N–H and O–H groups in total. The molecule has 0 unspecified atom stereocenters. The van der Waals surface area contributed by atoms with E-state index < -0.39 is 0 Å². The summed E-state index contributed by atoms with van der Waals surface area (Å²) in [5.41, 5.74) is 11.2. The molecule has 5 heteroatoms. The molecular weight excluding hydrogens is 370 g/mol. The molecule has 28 heavy (non-hydrogen) atoms. The maximum absolute atomic E-state index is 12.2. The normalized spacial score (nSPS) is 11.2. The Balaban J connectivity index is 1.85. The minimum atomic E-state index is -0.271. The van der Waals surface area contributed by atoms with E-state index in [1.807, 2.05) is 0 Å². The van der Waals surface area contributed by atoms with Gasteiger partial charge >= 0.3 is 0 Å². The van der Waals surface area contributed by atoms with Crippen molar-refractivity contribution in [3.05, 3.63) is 86.7 Å². The van der Waals surface area contributed by atoms with Crippen molar-refractivity contribution in [2.75, 3.05) is 0 Å². The van der Waals surface area contributed by atoms with Crippen LogP contribution in [0.2, 0.25) is 5.02 Å². The van der Waals surface area contributed by atoms with Crippen LogP contribution < -0.4 is 5.43 Å². The van der Waals surface area contributed by atoms with E-state index in [-0.39, 0.29) is 5.91 Å². The van der Waals surface area contributed by atoms with Crippen LogP contribution in [0.3, 0.4) is 0 Å². The van der Waals surface area contributed by atoms with Gasteiger partial charge in [0, 0.05) is 27.5 Å². The molecule has 3 aromatic rings. The number of nitrogens with one attached hydrogen (secondary N) is 1. The summed E-state index contributed by atoms with van der Waals surface area (Å²) in [7, 11) is 0. The summed E-state index contributed by atoms with van der Waals surface area (Å²) >= 11 is 5.85. The fourth-order valence-electron chi connectivity index (χ4n) is 3.61. The van der Waals surface area contributed by atoms with Gasteiger partial charge < -0.3 is 4.57 Å². The van der Waals surface area contributed by atoms with Gasteiger partial charge in [0.05, 0.1) is 11.9 Å². The van der Waals surface area contributed by atoms with Crippen molar-refractivity contribution in [2.24, 2.45) is 5.10 Å². The van der Waals surface area contributed by atoms with Gasteiger partial charge in [-0.15, -0.1) is 0 Å². The molecule has 1 heterocycles. The molecule has 1 aromatic heterocycles. The zero-order chi connectivity index (χ0) is 20.4. The van der Waals surface area contributed by atoms with Crippen molar-refractivity contribution in [3.63, 3.8) is 0 Å². The smallest absolute Gasteiger partial charge is 0.271 e. The number of benzene rings is 2. The van der Waals surface area contributed by atoms with Crippen LogP contribution in [0.25, 0.3) is 5.69 Å². The minimum absolute atomic E-state index is 0.271. The number of carbonyl (C=O) groups is 1. The summed E-state index contributed by atoms with van der Waals surface area (Å²) in [6.07, 6.45) is 1.69. The largest absolute Gasteiger partial charge is 0.317 e. The van der Waals surface area contributed by atoms with E-state index in [4.69, 9.17) is 11.6 Å². The Morgan fingerprint density at radius 1 is 1.00 bits per heavy atom. The number of aryl methyl sites for hydroxylation is 4. The van der Waals surface area contributed by atoms with Crippen molar-refractivity contribution in [1.29, 1.82) is 0 Å². The molecule has 0 saturated heterocycles. The molecule has 0 saturated carbocycles. The Hall–Kier alpha value is -2.85. The maximum atomic E-state index is 12.2. The van der Waals surface area contributed by atoms with Crippen LogP contribution in [0.5, 0.6) is 0 Å². The third kappa shape index (κ3) is 4.02. The minimum Gasteiger partial charge on any atom is -0.317 e. The zero-order valence-electron chi connectivity index (χ0n) is 16.8. The molecule has 0 radical (unpaired) electrons. The highest BCUT2D eigenvalue weighted by molar-refractivity contribution is 6.30. The third-order valence-corrected chi connectivity index (χ3v) is 5.06. The van der Waals surface area contributed by atoms with E-state index in [2.05, 4.69) is 67.9 Å². The molecule has 0 atom stereocenters. The summed E-state index contributed by atoms with van der Waals surface area (Å²) in [5.74, 6) is -0.271. The number of halogens is 1. The zero-order valence-corrected chi connectivity index (χ0v) is 17.6. The van der Waals surface area contributed by atoms with E-state index in [0.717, 1.165) is 17.0 Å². The Labute approximate surface area is 170 Å². The van der Waals surface area contributed by atoms with Crippen molar-refractivity contribution < 1.29 is 4.79 Å². The Bertz CT molecular complexity index is 1040. The van der Waals surface area contributed by atoms with Crippen molar-refractivity contribution in [3.8, 4) is 5.69 Å². The molecule has 4 nitrogen and oxygen atoms in total. The first kappa shape index (κ1) is 19.9. The first-order valence-electron chi connectivity index (χ1n) is 9.14. The number of aromatic nitrogens is 1. The summed E-state index contributed by atoms with van der Waals surface area (Å²) in [5, 5.41) is 4.73. The van der Waals surface area contributed by atoms with E-state index in [9.17, 15) is 4.79 Å². The third-order valence-electron chi connectivity index (χ3n) is 4.81. The summed E-state index contributed by atoms with van der Waals surface area (Å²) in [4.78, 5) is 12.2. The van der Waals surface area contributed by atoms with Crippen LogP contribution in [0.4, 0.5) is 0 Å². The molecule has 3 rings (SSSR count). The second-order valence-electron chi connectivity index (χ2n) is 7.12. The number of hydrazone groups is 1. The number of rotatable bonds is 4. The Kier molecular flexibility index (Phi) is 5.71. The standard InChI is InChI=1S/C23H24ClN3O/c1-14-10-15(2)22(16(3)11-14)27-17(4)12-20(18(27)5)13-25-26-23(28)19-6-8-21(24)9-7-19/h6-13H,1-5H3,(H,26,28)/b25-13-. The molecule has 1 amide bonds. The average Bonchev–Trinajstić information content (AvgIpc) is 2.89. The molecule has 0 bridgehead atoms. The van der Waals surface area contributed by atoms with E-state index in [1.54, 1.807) is 30.5 Å². The lowest BCUT2D eigenvalue weighted by Crippen LogP contribution is -2.17. The Morgan fingerprint density at radius 2 is 1.61 bits per heavy atom. The molecule has 144 valence electrons. The van der Waals surface area contributed by atoms with Gasteiger partial charge in [0.1, 0.15) is 0 Å². The topological polar surface area (TPSA) is 46.4 Å². The van der Waals surface area contributed by atoms with Crippen LogP contribution in [0.15, 0.2) is 47.6 Å².